The van der Waals surface area contributed by atoms with Crippen molar-refractivity contribution in [2.45, 2.75) is 12.6 Å². The van der Waals surface area contributed by atoms with Crippen LogP contribution in [0.4, 0.5) is 4.39 Å². The van der Waals surface area contributed by atoms with Crippen LogP contribution in [-0.4, -0.2) is 30.7 Å². The van der Waals surface area contributed by atoms with Crippen LogP contribution < -0.4 is 0 Å². The van der Waals surface area contributed by atoms with Crippen molar-refractivity contribution in [3.63, 3.8) is 0 Å². The fraction of sp³-hybridized carbons (Fsp3) is 0.833. The van der Waals surface area contributed by atoms with Crippen molar-refractivity contribution in [3.05, 3.63) is 6.92 Å². The summed E-state index contributed by atoms with van der Waals surface area (Å²) in [5.74, 6) is 0. The van der Waals surface area contributed by atoms with E-state index in [4.69, 9.17) is 0 Å². The minimum Gasteiger partial charge on any atom is -0.300 e. The first-order valence-electron chi connectivity index (χ1n) is 2.98. The number of likely N-dealkylation sites (tertiary alicyclic amines) is 1. The number of alkyl halides is 1. The Balaban J connectivity index is 2.22. The maximum Gasteiger partial charge on any atom is 0.114 e. The third kappa shape index (κ3) is 1.19. The Morgan fingerprint density at radius 1 is 1.75 bits per heavy atom. The fourth-order valence-electron chi connectivity index (χ4n) is 0.988. The van der Waals surface area contributed by atoms with E-state index in [9.17, 15) is 4.39 Å². The highest BCUT2D eigenvalue weighted by molar-refractivity contribution is 4.74. The molecule has 1 heterocycles. The maximum atomic E-state index is 12.3. The molecule has 0 saturated carbocycles. The van der Waals surface area contributed by atoms with Gasteiger partial charge >= 0.3 is 0 Å². The summed E-state index contributed by atoms with van der Waals surface area (Å²) in [6, 6.07) is 0. The lowest BCUT2D eigenvalue weighted by atomic mass is 10.3. The van der Waals surface area contributed by atoms with E-state index >= 15 is 0 Å². The topological polar surface area (TPSA) is 3.24 Å². The van der Waals surface area contributed by atoms with Crippen LogP contribution in [0.25, 0.3) is 0 Å². The van der Waals surface area contributed by atoms with Gasteiger partial charge in [0.15, 0.2) is 0 Å². The van der Waals surface area contributed by atoms with Crippen molar-refractivity contribution in [1.82, 2.24) is 4.90 Å². The lowest BCUT2D eigenvalue weighted by Crippen LogP contribution is -2.20. The van der Waals surface area contributed by atoms with Gasteiger partial charge in [-0.3, -0.25) is 0 Å². The minimum absolute atomic E-state index is 0.586. The predicted molar refractivity (Wildman–Crippen MR) is 31.3 cm³/mol. The molecular formula is C6H11FN. The van der Waals surface area contributed by atoms with E-state index < -0.39 is 6.17 Å². The summed E-state index contributed by atoms with van der Waals surface area (Å²) >= 11 is 0. The van der Waals surface area contributed by atoms with Crippen molar-refractivity contribution >= 4 is 0 Å². The second-order valence-corrected chi connectivity index (χ2v) is 2.19. The molecule has 0 amide bonds. The van der Waals surface area contributed by atoms with Gasteiger partial charge in [0.25, 0.3) is 0 Å². The summed E-state index contributed by atoms with van der Waals surface area (Å²) in [6.07, 6.45) is 0.118. The minimum atomic E-state index is -0.586. The van der Waals surface area contributed by atoms with Crippen LogP contribution >= 0.6 is 0 Å². The van der Waals surface area contributed by atoms with Gasteiger partial charge in [-0.15, -0.1) is 0 Å². The van der Waals surface area contributed by atoms with E-state index in [0.29, 0.717) is 13.0 Å². The highest BCUT2D eigenvalue weighted by Crippen LogP contribution is 2.10. The summed E-state index contributed by atoms with van der Waals surface area (Å²) in [5.41, 5.74) is 0. The Labute approximate surface area is 49.5 Å². The van der Waals surface area contributed by atoms with Crippen molar-refractivity contribution < 1.29 is 4.39 Å². The largest absolute Gasteiger partial charge is 0.300 e. The molecule has 0 aliphatic carbocycles. The number of rotatable bonds is 1. The van der Waals surface area contributed by atoms with E-state index in [1.54, 1.807) is 0 Å². The van der Waals surface area contributed by atoms with Crippen LogP contribution in [0, 0.1) is 6.92 Å². The van der Waals surface area contributed by atoms with E-state index in [2.05, 4.69) is 6.92 Å². The van der Waals surface area contributed by atoms with E-state index in [1.807, 2.05) is 4.90 Å². The Morgan fingerprint density at radius 3 is 2.75 bits per heavy atom. The Morgan fingerprint density at radius 2 is 2.50 bits per heavy atom. The molecule has 8 heavy (non-hydrogen) atoms. The van der Waals surface area contributed by atoms with Crippen LogP contribution in [0.2, 0.25) is 0 Å². The first kappa shape index (κ1) is 6.02. The average molecular weight is 116 g/mol. The van der Waals surface area contributed by atoms with Gasteiger partial charge in [-0.05, 0) is 19.9 Å². The Kier molecular flexibility index (Phi) is 1.84. The Bertz CT molecular complexity index is 74.9. The van der Waals surface area contributed by atoms with Gasteiger partial charge < -0.3 is 4.90 Å². The van der Waals surface area contributed by atoms with Gasteiger partial charge in [0, 0.05) is 13.1 Å². The molecule has 0 N–H and O–H groups in total. The second kappa shape index (κ2) is 2.44. The number of hydrogen-bond donors (Lipinski definition) is 0. The molecule has 0 aromatic carbocycles. The zero-order chi connectivity index (χ0) is 5.98. The smallest absolute Gasteiger partial charge is 0.114 e. The lowest BCUT2D eigenvalue weighted by molar-refractivity contribution is 0.305. The molecule has 1 rings (SSSR count). The maximum absolute atomic E-state index is 12.3. The molecular weight excluding hydrogens is 105 g/mol. The number of hydrogen-bond acceptors (Lipinski definition) is 1. The highest BCUT2D eigenvalue weighted by Gasteiger charge is 2.19. The molecule has 2 heteroatoms. The molecule has 1 unspecified atom stereocenters. The monoisotopic (exact) mass is 116 g/mol. The van der Waals surface area contributed by atoms with Crippen molar-refractivity contribution in [2.24, 2.45) is 0 Å². The average Bonchev–Trinajstić information content (AvgIpc) is 2.14. The molecule has 47 valence electrons. The molecule has 0 spiro atoms. The zero-order valence-corrected chi connectivity index (χ0v) is 4.94. The van der Waals surface area contributed by atoms with Crippen LogP contribution in [0.3, 0.4) is 0 Å². The molecule has 0 bridgehead atoms. The lowest BCUT2D eigenvalue weighted by Gasteiger charge is -2.08. The summed E-state index contributed by atoms with van der Waals surface area (Å²) in [5, 5.41) is 0. The van der Waals surface area contributed by atoms with Gasteiger partial charge in [0.1, 0.15) is 6.17 Å². The van der Waals surface area contributed by atoms with Crippen LogP contribution in [-0.2, 0) is 0 Å². The number of nitrogens with zero attached hydrogens (tertiary/aromatic N) is 1. The van der Waals surface area contributed by atoms with Crippen molar-refractivity contribution in [1.29, 1.82) is 0 Å². The molecule has 1 aliphatic heterocycles. The zero-order valence-electron chi connectivity index (χ0n) is 4.94. The summed E-state index contributed by atoms with van der Waals surface area (Å²) in [6.45, 7) is 5.91. The van der Waals surface area contributed by atoms with Crippen molar-refractivity contribution in [3.8, 4) is 0 Å². The molecule has 0 aromatic heterocycles. The fourth-order valence-corrected chi connectivity index (χ4v) is 0.988. The van der Waals surface area contributed by atoms with Gasteiger partial charge in [0.2, 0.25) is 0 Å². The van der Waals surface area contributed by atoms with E-state index in [-0.39, 0.29) is 0 Å². The molecule has 1 saturated heterocycles. The SMILES string of the molecule is [CH2]CN1CCC(F)C1. The quantitative estimate of drug-likeness (QED) is 0.491. The summed E-state index contributed by atoms with van der Waals surface area (Å²) < 4.78 is 12.3. The van der Waals surface area contributed by atoms with Gasteiger partial charge in [0.05, 0.1) is 0 Å². The molecule has 0 aromatic rings. The van der Waals surface area contributed by atoms with E-state index in [1.165, 1.54) is 0 Å². The predicted octanol–water partition coefficient (Wildman–Crippen LogP) is 0.864. The standard InChI is InChI=1S/C6H11FN/c1-2-8-4-3-6(7)5-8/h6H,1-5H2. The van der Waals surface area contributed by atoms with Gasteiger partial charge in [-0.1, -0.05) is 0 Å². The van der Waals surface area contributed by atoms with Crippen LogP contribution in [0.5, 0.6) is 0 Å². The molecule has 1 atom stereocenters. The normalized spacial score (nSPS) is 31.5. The van der Waals surface area contributed by atoms with Crippen LogP contribution in [0.1, 0.15) is 6.42 Å². The van der Waals surface area contributed by atoms with E-state index in [0.717, 1.165) is 13.1 Å². The van der Waals surface area contributed by atoms with Gasteiger partial charge in [-0.25, -0.2) is 4.39 Å². The third-order valence-corrected chi connectivity index (χ3v) is 1.53. The first-order valence-corrected chi connectivity index (χ1v) is 2.98. The molecule has 1 aliphatic rings. The molecule has 1 nitrogen and oxygen atoms in total. The Hall–Kier alpha value is -0.110. The van der Waals surface area contributed by atoms with Crippen molar-refractivity contribution in [2.75, 3.05) is 19.6 Å². The van der Waals surface area contributed by atoms with Crippen LogP contribution in [0.15, 0.2) is 0 Å². The molecule has 1 fully saturated rings. The summed E-state index contributed by atoms with van der Waals surface area (Å²) in [7, 11) is 0. The molecule has 1 radical (unpaired) electrons. The summed E-state index contributed by atoms with van der Waals surface area (Å²) in [4.78, 5) is 2.02. The third-order valence-electron chi connectivity index (χ3n) is 1.53. The number of halogens is 1. The second-order valence-electron chi connectivity index (χ2n) is 2.19. The van der Waals surface area contributed by atoms with Gasteiger partial charge in [-0.2, -0.15) is 0 Å². The first-order chi connectivity index (χ1) is 3.83. The highest BCUT2D eigenvalue weighted by atomic mass is 19.1.